The lowest BCUT2D eigenvalue weighted by molar-refractivity contribution is -0.127. The summed E-state index contributed by atoms with van der Waals surface area (Å²) in [5, 5.41) is 1.24. The van der Waals surface area contributed by atoms with Crippen LogP contribution in [0.4, 0.5) is 0 Å². The molecule has 1 amide bonds. The molecular weight excluding hydrogens is 510 g/mol. The second kappa shape index (κ2) is 13.7. The van der Waals surface area contributed by atoms with Gasteiger partial charge in [0.25, 0.3) is 0 Å². The number of ether oxygens (including phenoxy) is 1. The number of piperazine rings is 2. The van der Waals surface area contributed by atoms with Gasteiger partial charge >= 0.3 is 0 Å². The molecule has 2 aliphatic heterocycles. The molecule has 5 rings (SSSR count). The number of hydrogen-bond acceptors (Lipinski definition) is 5. The lowest BCUT2D eigenvalue weighted by Gasteiger charge is -2.34. The molecule has 0 N–H and O–H groups in total. The number of hydrogen-bond donors (Lipinski definition) is 0. The first-order valence-electron chi connectivity index (χ1n) is 15.2. The Hall–Kier alpha value is -3.13. The van der Waals surface area contributed by atoms with Gasteiger partial charge in [0.2, 0.25) is 5.91 Å². The van der Waals surface area contributed by atoms with Crippen LogP contribution in [0, 0.1) is 13.8 Å². The second-order valence-electron chi connectivity index (χ2n) is 11.8. The molecule has 2 aliphatic rings. The molecular formula is C34H47N5O2. The second-order valence-corrected chi connectivity index (χ2v) is 11.8. The SMILES string of the molecule is COc1cccc(CCN2CCN(C(=O)/C=C/c3c(C)n(CCCN4CCN(C)CC4)c4ccc(C)cc34)CC2)c1. The van der Waals surface area contributed by atoms with E-state index in [1.807, 2.05) is 17.0 Å². The van der Waals surface area contributed by atoms with Crippen LogP contribution in [0.5, 0.6) is 5.75 Å². The number of fused-ring (bicyclic) bond motifs is 1. The summed E-state index contributed by atoms with van der Waals surface area (Å²) in [6, 6.07) is 15.0. The third-order valence-electron chi connectivity index (χ3n) is 8.91. The van der Waals surface area contributed by atoms with Crippen molar-refractivity contribution in [2.45, 2.75) is 33.2 Å². The predicted octanol–water partition coefficient (Wildman–Crippen LogP) is 4.30. The highest BCUT2D eigenvalue weighted by atomic mass is 16.5. The summed E-state index contributed by atoms with van der Waals surface area (Å²) in [5.74, 6) is 1.02. The van der Waals surface area contributed by atoms with Crippen molar-refractivity contribution in [1.82, 2.24) is 24.2 Å². The number of aromatic nitrogens is 1. The molecule has 2 saturated heterocycles. The summed E-state index contributed by atoms with van der Waals surface area (Å²) < 4.78 is 7.81. The van der Waals surface area contributed by atoms with Gasteiger partial charge in [0, 0.05) is 93.7 Å². The van der Waals surface area contributed by atoms with Crippen molar-refractivity contribution in [3.63, 3.8) is 0 Å². The summed E-state index contributed by atoms with van der Waals surface area (Å²) in [4.78, 5) is 22.7. The maximum Gasteiger partial charge on any atom is 0.246 e. The third kappa shape index (κ3) is 7.39. The largest absolute Gasteiger partial charge is 0.497 e. The molecule has 220 valence electrons. The number of likely N-dealkylation sites (N-methyl/N-ethyl adjacent to an activating group) is 1. The van der Waals surface area contributed by atoms with Gasteiger partial charge in [-0.05, 0) is 76.2 Å². The maximum absolute atomic E-state index is 13.2. The van der Waals surface area contributed by atoms with Crippen LogP contribution in [0.25, 0.3) is 17.0 Å². The minimum absolute atomic E-state index is 0.112. The maximum atomic E-state index is 13.2. The van der Waals surface area contributed by atoms with Crippen LogP contribution in [0.2, 0.25) is 0 Å². The quantitative estimate of drug-likeness (QED) is 0.348. The number of carbonyl (C=O) groups is 1. The predicted molar refractivity (Wildman–Crippen MR) is 169 cm³/mol. The van der Waals surface area contributed by atoms with Crippen molar-refractivity contribution in [3.8, 4) is 5.75 Å². The number of methoxy groups -OCH3 is 1. The van der Waals surface area contributed by atoms with E-state index < -0.39 is 0 Å². The van der Waals surface area contributed by atoms with Crippen LogP contribution >= 0.6 is 0 Å². The number of rotatable bonds is 10. The average molecular weight is 558 g/mol. The fraction of sp³-hybridized carbons (Fsp3) is 0.500. The molecule has 0 atom stereocenters. The summed E-state index contributed by atoms with van der Waals surface area (Å²) in [6.45, 7) is 15.5. The third-order valence-corrected chi connectivity index (χ3v) is 8.91. The van der Waals surface area contributed by atoms with Gasteiger partial charge in [0.1, 0.15) is 5.75 Å². The van der Waals surface area contributed by atoms with Crippen LogP contribution in [0.1, 0.15) is 28.8 Å². The van der Waals surface area contributed by atoms with E-state index in [1.165, 1.54) is 33.3 Å². The molecule has 3 heterocycles. The van der Waals surface area contributed by atoms with Crippen molar-refractivity contribution in [2.24, 2.45) is 0 Å². The van der Waals surface area contributed by atoms with E-state index in [2.05, 4.69) is 76.6 Å². The van der Waals surface area contributed by atoms with Crippen molar-refractivity contribution < 1.29 is 9.53 Å². The lowest BCUT2D eigenvalue weighted by Crippen LogP contribution is -2.48. The first kappa shape index (κ1) is 29.4. The summed E-state index contributed by atoms with van der Waals surface area (Å²) in [5.41, 5.74) is 6.22. The zero-order valence-corrected chi connectivity index (χ0v) is 25.4. The fourth-order valence-electron chi connectivity index (χ4n) is 6.21. The topological polar surface area (TPSA) is 44.2 Å². The van der Waals surface area contributed by atoms with Gasteiger partial charge in [-0.2, -0.15) is 0 Å². The van der Waals surface area contributed by atoms with Gasteiger partial charge in [0.05, 0.1) is 7.11 Å². The van der Waals surface area contributed by atoms with Crippen LogP contribution in [-0.2, 0) is 17.8 Å². The number of nitrogens with zero attached hydrogens (tertiary/aromatic N) is 5. The van der Waals surface area contributed by atoms with Gasteiger partial charge < -0.3 is 24.0 Å². The van der Waals surface area contributed by atoms with Gasteiger partial charge in [-0.25, -0.2) is 0 Å². The van der Waals surface area contributed by atoms with E-state index in [-0.39, 0.29) is 5.91 Å². The highest BCUT2D eigenvalue weighted by Gasteiger charge is 2.20. The van der Waals surface area contributed by atoms with Crippen LogP contribution in [0.15, 0.2) is 48.5 Å². The van der Waals surface area contributed by atoms with Gasteiger partial charge in [-0.1, -0.05) is 23.8 Å². The molecule has 41 heavy (non-hydrogen) atoms. The van der Waals surface area contributed by atoms with Crippen molar-refractivity contribution in [3.05, 3.63) is 70.9 Å². The number of benzene rings is 2. The highest BCUT2D eigenvalue weighted by molar-refractivity contribution is 5.97. The summed E-state index contributed by atoms with van der Waals surface area (Å²) >= 11 is 0. The number of carbonyl (C=O) groups excluding carboxylic acids is 1. The molecule has 2 fully saturated rings. The first-order chi connectivity index (χ1) is 19.9. The Kier molecular flexibility index (Phi) is 9.80. The average Bonchev–Trinajstić information content (AvgIpc) is 3.25. The molecule has 0 bridgehead atoms. The Morgan fingerprint density at radius 1 is 0.878 bits per heavy atom. The highest BCUT2D eigenvalue weighted by Crippen LogP contribution is 2.29. The number of aryl methyl sites for hydroxylation is 2. The van der Waals surface area contributed by atoms with Crippen molar-refractivity contribution in [1.29, 1.82) is 0 Å². The van der Waals surface area contributed by atoms with Crippen LogP contribution in [-0.4, -0.2) is 110 Å². The van der Waals surface area contributed by atoms with Gasteiger partial charge in [0.15, 0.2) is 0 Å². The van der Waals surface area contributed by atoms with E-state index >= 15 is 0 Å². The zero-order chi connectivity index (χ0) is 28.8. The molecule has 7 nitrogen and oxygen atoms in total. The Morgan fingerprint density at radius 2 is 1.61 bits per heavy atom. The Labute approximate surface area is 246 Å². The monoisotopic (exact) mass is 557 g/mol. The van der Waals surface area contributed by atoms with Gasteiger partial charge in [-0.15, -0.1) is 0 Å². The minimum Gasteiger partial charge on any atom is -0.497 e. The summed E-state index contributed by atoms with van der Waals surface area (Å²) in [7, 11) is 3.92. The molecule has 0 aliphatic carbocycles. The molecule has 0 spiro atoms. The normalized spacial score (nSPS) is 17.6. The molecule has 7 heteroatoms. The number of amides is 1. The zero-order valence-electron chi connectivity index (χ0n) is 25.4. The molecule has 1 aromatic heterocycles. The van der Waals surface area contributed by atoms with E-state index in [1.54, 1.807) is 13.2 Å². The molecule has 0 saturated carbocycles. The molecule has 2 aromatic carbocycles. The first-order valence-corrected chi connectivity index (χ1v) is 15.2. The van der Waals surface area contributed by atoms with E-state index in [4.69, 9.17) is 4.74 Å². The molecule has 0 radical (unpaired) electrons. The Bertz CT molecular complexity index is 1350. The van der Waals surface area contributed by atoms with Crippen molar-refractivity contribution in [2.75, 3.05) is 79.6 Å². The van der Waals surface area contributed by atoms with E-state index in [0.717, 1.165) is 90.6 Å². The van der Waals surface area contributed by atoms with Gasteiger partial charge in [-0.3, -0.25) is 9.69 Å². The standard InChI is InChI=1S/C34H47N5O2/c1-27-9-11-33-32(25-27)31(28(2)39(33)15-6-14-36-19-17-35(3)18-20-36)10-12-34(40)38-23-21-37(22-24-38)16-13-29-7-5-8-30(26-29)41-4/h5,7-12,25-26H,6,13-24H2,1-4H3/b12-10+. The Balaban J connectivity index is 1.18. The fourth-order valence-corrected chi connectivity index (χ4v) is 6.21. The molecule has 3 aromatic rings. The summed E-state index contributed by atoms with van der Waals surface area (Å²) in [6.07, 6.45) is 5.98. The van der Waals surface area contributed by atoms with Crippen molar-refractivity contribution >= 4 is 22.9 Å². The van der Waals surface area contributed by atoms with Crippen LogP contribution in [0.3, 0.4) is 0 Å². The van der Waals surface area contributed by atoms with E-state index in [9.17, 15) is 4.79 Å². The Morgan fingerprint density at radius 3 is 2.37 bits per heavy atom. The van der Waals surface area contributed by atoms with E-state index in [0.29, 0.717) is 0 Å². The minimum atomic E-state index is 0.112. The lowest BCUT2D eigenvalue weighted by atomic mass is 10.1. The smallest absolute Gasteiger partial charge is 0.246 e. The molecule has 0 unspecified atom stereocenters. The van der Waals surface area contributed by atoms with Crippen LogP contribution < -0.4 is 4.74 Å².